The van der Waals surface area contributed by atoms with Crippen molar-refractivity contribution in [3.63, 3.8) is 0 Å². The first-order valence-corrected chi connectivity index (χ1v) is 6.84. The Hall–Kier alpha value is -1.85. The largest absolute Gasteiger partial charge is 0.465 e. The molecule has 112 valence electrons. The van der Waals surface area contributed by atoms with Crippen LogP contribution < -0.4 is 0 Å². The van der Waals surface area contributed by atoms with Gasteiger partial charge in [0.2, 0.25) is 5.91 Å². The maximum absolute atomic E-state index is 12.3. The number of aryl methyl sites for hydroxylation is 2. The Morgan fingerprint density at radius 3 is 2.50 bits per heavy atom. The fourth-order valence-electron chi connectivity index (χ4n) is 1.94. The van der Waals surface area contributed by atoms with Gasteiger partial charge in [-0.2, -0.15) is 0 Å². The van der Waals surface area contributed by atoms with Crippen LogP contribution in [-0.2, 0) is 20.7 Å². The predicted octanol–water partition coefficient (Wildman–Crippen LogP) is 1.64. The molecule has 1 amide bonds. The van der Waals surface area contributed by atoms with E-state index in [0.29, 0.717) is 24.6 Å². The molecule has 6 heteroatoms. The van der Waals surface area contributed by atoms with Crippen LogP contribution >= 0.6 is 0 Å². The lowest BCUT2D eigenvalue weighted by Gasteiger charge is -2.21. The highest BCUT2D eigenvalue weighted by atomic mass is 16.5. The number of aromatic nitrogens is 1. The molecule has 0 atom stereocenters. The molecule has 0 radical (unpaired) electrons. The number of carbonyl (C=O) groups excluding carboxylic acids is 2. The molecule has 1 heterocycles. The fourth-order valence-corrected chi connectivity index (χ4v) is 1.94. The van der Waals surface area contributed by atoms with Crippen LogP contribution in [0.1, 0.15) is 37.3 Å². The Morgan fingerprint density at radius 1 is 1.30 bits per heavy atom. The summed E-state index contributed by atoms with van der Waals surface area (Å²) in [5.41, 5.74) is 1.50. The van der Waals surface area contributed by atoms with E-state index in [1.165, 1.54) is 4.90 Å². The Kier molecular flexibility index (Phi) is 6.21. The molecule has 0 unspecified atom stereocenters. The summed E-state index contributed by atoms with van der Waals surface area (Å²) in [6.45, 7) is 8.11. The third-order valence-corrected chi connectivity index (χ3v) is 2.98. The minimum atomic E-state index is -0.381. The van der Waals surface area contributed by atoms with Crippen LogP contribution in [0.25, 0.3) is 0 Å². The number of hydrogen-bond donors (Lipinski definition) is 0. The highest BCUT2D eigenvalue weighted by Crippen LogP contribution is 2.14. The molecule has 0 bridgehead atoms. The second kappa shape index (κ2) is 7.67. The summed E-state index contributed by atoms with van der Waals surface area (Å²) < 4.78 is 9.93. The van der Waals surface area contributed by atoms with Crippen LogP contribution in [0, 0.1) is 13.8 Å². The lowest BCUT2D eigenvalue weighted by atomic mass is 10.1. The predicted molar refractivity (Wildman–Crippen MR) is 73.2 cm³/mol. The van der Waals surface area contributed by atoms with Gasteiger partial charge in [-0.3, -0.25) is 9.59 Å². The maximum Gasteiger partial charge on any atom is 0.325 e. The molecule has 0 aromatic carbocycles. The molecule has 0 saturated heterocycles. The Morgan fingerprint density at radius 2 is 2.00 bits per heavy atom. The first-order valence-electron chi connectivity index (χ1n) is 6.84. The van der Waals surface area contributed by atoms with Gasteiger partial charge in [-0.1, -0.05) is 12.1 Å². The number of carbonyl (C=O) groups is 2. The minimum absolute atomic E-state index is 0.0100. The first kappa shape index (κ1) is 16.2. The molecule has 6 nitrogen and oxygen atoms in total. The zero-order valence-corrected chi connectivity index (χ0v) is 12.6. The first-order chi connectivity index (χ1) is 9.49. The Labute approximate surface area is 119 Å². The van der Waals surface area contributed by atoms with E-state index in [1.807, 2.05) is 6.92 Å². The van der Waals surface area contributed by atoms with Crippen molar-refractivity contribution in [3.8, 4) is 0 Å². The molecule has 0 aliphatic carbocycles. The number of rotatable bonds is 7. The summed E-state index contributed by atoms with van der Waals surface area (Å²) in [4.78, 5) is 25.3. The molecule has 0 fully saturated rings. The lowest BCUT2D eigenvalue weighted by molar-refractivity contribution is -0.148. The van der Waals surface area contributed by atoms with Gasteiger partial charge in [0.05, 0.1) is 18.7 Å². The topological polar surface area (TPSA) is 72.6 Å². The van der Waals surface area contributed by atoms with Crippen molar-refractivity contribution in [1.29, 1.82) is 0 Å². The van der Waals surface area contributed by atoms with Crippen molar-refractivity contribution in [2.75, 3.05) is 19.7 Å². The van der Waals surface area contributed by atoms with Crippen LogP contribution in [0.5, 0.6) is 0 Å². The van der Waals surface area contributed by atoms with Crippen LogP contribution in [0.3, 0.4) is 0 Å². The average molecular weight is 282 g/mol. The lowest BCUT2D eigenvalue weighted by Crippen LogP contribution is -2.38. The van der Waals surface area contributed by atoms with E-state index in [9.17, 15) is 9.59 Å². The highest BCUT2D eigenvalue weighted by molar-refractivity contribution is 5.83. The van der Waals surface area contributed by atoms with E-state index in [0.717, 1.165) is 12.0 Å². The highest BCUT2D eigenvalue weighted by Gasteiger charge is 2.20. The Bertz CT molecular complexity index is 448. The standard InChI is InChI=1S/C14H22N2O4/c1-5-7-16(9-14(18)19-6-2)13(17)8-12-10(3)15-20-11(12)4/h5-9H2,1-4H3. The summed E-state index contributed by atoms with van der Waals surface area (Å²) in [6.07, 6.45) is 0.979. The van der Waals surface area contributed by atoms with Crippen LogP contribution in [0.4, 0.5) is 0 Å². The Balaban J connectivity index is 2.71. The van der Waals surface area contributed by atoms with E-state index in [1.54, 1.807) is 20.8 Å². The number of ether oxygens (including phenoxy) is 1. The summed E-state index contributed by atoms with van der Waals surface area (Å²) in [5.74, 6) is 0.144. The summed E-state index contributed by atoms with van der Waals surface area (Å²) in [6, 6.07) is 0. The molecule has 20 heavy (non-hydrogen) atoms. The molecule has 0 saturated carbocycles. The van der Waals surface area contributed by atoms with Crippen molar-refractivity contribution >= 4 is 11.9 Å². The van der Waals surface area contributed by atoms with E-state index in [4.69, 9.17) is 9.26 Å². The van der Waals surface area contributed by atoms with Gasteiger partial charge in [0.15, 0.2) is 0 Å². The zero-order chi connectivity index (χ0) is 15.1. The van der Waals surface area contributed by atoms with Crippen molar-refractivity contribution < 1.29 is 18.8 Å². The van der Waals surface area contributed by atoms with Crippen LogP contribution in [0.15, 0.2) is 4.52 Å². The smallest absolute Gasteiger partial charge is 0.325 e. The van der Waals surface area contributed by atoms with Crippen molar-refractivity contribution in [1.82, 2.24) is 10.1 Å². The molecule has 0 N–H and O–H groups in total. The number of esters is 1. The molecular weight excluding hydrogens is 260 g/mol. The van der Waals surface area contributed by atoms with Crippen molar-refractivity contribution in [2.24, 2.45) is 0 Å². The molecule has 1 aromatic rings. The van der Waals surface area contributed by atoms with Gasteiger partial charge in [0.25, 0.3) is 0 Å². The van der Waals surface area contributed by atoms with E-state index in [-0.39, 0.29) is 24.8 Å². The SMILES string of the molecule is CCCN(CC(=O)OCC)C(=O)Cc1c(C)noc1C. The molecule has 1 rings (SSSR count). The quantitative estimate of drug-likeness (QED) is 0.711. The number of amides is 1. The van der Waals surface area contributed by atoms with Crippen molar-refractivity contribution in [3.05, 3.63) is 17.0 Å². The molecule has 0 spiro atoms. The van der Waals surface area contributed by atoms with Gasteiger partial charge >= 0.3 is 5.97 Å². The summed E-state index contributed by atoms with van der Waals surface area (Å²) >= 11 is 0. The van der Waals surface area contributed by atoms with E-state index < -0.39 is 0 Å². The molecular formula is C14H22N2O4. The van der Waals surface area contributed by atoms with Crippen molar-refractivity contribution in [2.45, 2.75) is 40.5 Å². The molecule has 1 aromatic heterocycles. The summed E-state index contributed by atoms with van der Waals surface area (Å²) in [5, 5.41) is 3.83. The van der Waals surface area contributed by atoms with Gasteiger partial charge in [0.1, 0.15) is 12.3 Å². The van der Waals surface area contributed by atoms with Gasteiger partial charge < -0.3 is 14.2 Å². The molecule has 0 aliphatic rings. The third-order valence-electron chi connectivity index (χ3n) is 2.98. The fraction of sp³-hybridized carbons (Fsp3) is 0.643. The van der Waals surface area contributed by atoms with Crippen LogP contribution in [0.2, 0.25) is 0 Å². The number of hydrogen-bond acceptors (Lipinski definition) is 5. The summed E-state index contributed by atoms with van der Waals surface area (Å²) in [7, 11) is 0. The van der Waals surface area contributed by atoms with Gasteiger partial charge in [0, 0.05) is 12.1 Å². The average Bonchev–Trinajstić information content (AvgIpc) is 2.70. The van der Waals surface area contributed by atoms with E-state index >= 15 is 0 Å². The van der Waals surface area contributed by atoms with Gasteiger partial charge in [-0.05, 0) is 27.2 Å². The maximum atomic E-state index is 12.3. The monoisotopic (exact) mass is 282 g/mol. The molecule has 0 aliphatic heterocycles. The van der Waals surface area contributed by atoms with Crippen LogP contribution in [-0.4, -0.2) is 41.6 Å². The minimum Gasteiger partial charge on any atom is -0.465 e. The number of nitrogens with zero attached hydrogens (tertiary/aromatic N) is 2. The zero-order valence-electron chi connectivity index (χ0n) is 12.6. The van der Waals surface area contributed by atoms with E-state index in [2.05, 4.69) is 5.16 Å². The third kappa shape index (κ3) is 4.36. The second-order valence-corrected chi connectivity index (χ2v) is 4.60. The van der Waals surface area contributed by atoms with Gasteiger partial charge in [-0.15, -0.1) is 0 Å². The second-order valence-electron chi connectivity index (χ2n) is 4.60. The normalized spacial score (nSPS) is 10.4. The van der Waals surface area contributed by atoms with Gasteiger partial charge in [-0.25, -0.2) is 0 Å².